The minimum Gasteiger partial charge on any atom is -0.384 e. The van der Waals surface area contributed by atoms with Crippen LogP contribution < -0.4 is 0 Å². The lowest BCUT2D eigenvalue weighted by Crippen LogP contribution is -2.21. The lowest BCUT2D eigenvalue weighted by Gasteiger charge is -2.21. The summed E-state index contributed by atoms with van der Waals surface area (Å²) < 4.78 is 13.2. The maximum atomic E-state index is 13.2. The number of benzene rings is 1. The van der Waals surface area contributed by atoms with Crippen LogP contribution in [0.2, 0.25) is 0 Å². The summed E-state index contributed by atoms with van der Waals surface area (Å²) in [5.41, 5.74) is -1.03. The zero-order valence-electron chi connectivity index (χ0n) is 7.42. The fourth-order valence-electron chi connectivity index (χ4n) is 1.19. The van der Waals surface area contributed by atoms with Crippen molar-refractivity contribution in [1.29, 1.82) is 0 Å². The zero-order valence-corrected chi connectivity index (χ0v) is 7.42. The predicted octanol–water partition coefficient (Wildman–Crippen LogP) is 2.06. The smallest absolute Gasteiger partial charge is 0.129 e. The van der Waals surface area contributed by atoms with E-state index in [0.29, 0.717) is 0 Å². The molecule has 1 nitrogen and oxygen atoms in total. The molecule has 1 aromatic rings. The number of rotatable bonds is 2. The Kier molecular flexibility index (Phi) is 2.69. The Hall–Kier alpha value is -1.33. The molecule has 1 unspecified atom stereocenters. The molecule has 2 heteroatoms. The molecular formula is C11H11FO. The second-order valence-corrected chi connectivity index (χ2v) is 3.13. The van der Waals surface area contributed by atoms with Crippen molar-refractivity contribution in [1.82, 2.24) is 0 Å². The van der Waals surface area contributed by atoms with E-state index < -0.39 is 11.4 Å². The Morgan fingerprint density at radius 2 is 2.15 bits per heavy atom. The third-order valence-corrected chi connectivity index (χ3v) is 1.90. The average Bonchev–Trinajstić information content (AvgIpc) is 2.04. The van der Waals surface area contributed by atoms with Gasteiger partial charge in [-0.2, -0.15) is 0 Å². The molecule has 0 amide bonds. The number of hydrogen-bond acceptors (Lipinski definition) is 1. The molecule has 0 spiro atoms. The second-order valence-electron chi connectivity index (χ2n) is 3.13. The van der Waals surface area contributed by atoms with Crippen LogP contribution in [0.3, 0.4) is 0 Å². The van der Waals surface area contributed by atoms with E-state index in [2.05, 4.69) is 5.92 Å². The lowest BCUT2D eigenvalue weighted by molar-refractivity contribution is 0.0591. The monoisotopic (exact) mass is 178 g/mol. The summed E-state index contributed by atoms with van der Waals surface area (Å²) in [5.74, 6) is 1.89. The molecule has 68 valence electrons. The van der Waals surface area contributed by atoms with Crippen LogP contribution >= 0.6 is 0 Å². The van der Waals surface area contributed by atoms with Crippen molar-refractivity contribution < 1.29 is 9.50 Å². The van der Waals surface area contributed by atoms with Gasteiger partial charge in [0.25, 0.3) is 0 Å². The maximum absolute atomic E-state index is 13.2. The minimum absolute atomic E-state index is 0.105. The van der Waals surface area contributed by atoms with Gasteiger partial charge in [-0.05, 0) is 13.0 Å². The summed E-state index contributed by atoms with van der Waals surface area (Å²) in [5, 5.41) is 9.78. The number of hydrogen-bond donors (Lipinski definition) is 1. The number of halogens is 1. The first kappa shape index (κ1) is 9.76. The summed E-state index contributed by atoms with van der Waals surface area (Å²) >= 11 is 0. The molecule has 0 aliphatic rings. The summed E-state index contributed by atoms with van der Waals surface area (Å²) in [7, 11) is 0. The number of terminal acetylenes is 1. The molecule has 1 atom stereocenters. The Bertz CT molecular complexity index is 336. The zero-order chi connectivity index (χ0) is 9.90. The van der Waals surface area contributed by atoms with Crippen molar-refractivity contribution in [2.24, 2.45) is 0 Å². The first-order valence-electron chi connectivity index (χ1n) is 3.99. The van der Waals surface area contributed by atoms with E-state index in [1.807, 2.05) is 0 Å². The first-order chi connectivity index (χ1) is 6.08. The molecule has 0 saturated heterocycles. The highest BCUT2D eigenvalue weighted by Gasteiger charge is 2.24. The summed E-state index contributed by atoms with van der Waals surface area (Å²) in [4.78, 5) is 0. The Labute approximate surface area is 77.2 Å². The average molecular weight is 178 g/mol. The van der Waals surface area contributed by atoms with Gasteiger partial charge in [-0.3, -0.25) is 0 Å². The molecule has 0 aromatic heterocycles. The second kappa shape index (κ2) is 3.59. The van der Waals surface area contributed by atoms with Gasteiger partial charge in [0.15, 0.2) is 0 Å². The molecule has 1 rings (SSSR count). The van der Waals surface area contributed by atoms with Gasteiger partial charge in [-0.25, -0.2) is 4.39 Å². The van der Waals surface area contributed by atoms with Crippen LogP contribution in [0.5, 0.6) is 0 Å². The van der Waals surface area contributed by atoms with Crippen molar-refractivity contribution in [3.63, 3.8) is 0 Å². The largest absolute Gasteiger partial charge is 0.384 e. The first-order valence-corrected chi connectivity index (χ1v) is 3.99. The molecule has 0 aliphatic carbocycles. The SMILES string of the molecule is C#CCC(C)(O)c1ccccc1F. The molecule has 0 heterocycles. The molecule has 13 heavy (non-hydrogen) atoms. The van der Waals surface area contributed by atoms with E-state index in [0.717, 1.165) is 0 Å². The van der Waals surface area contributed by atoms with Gasteiger partial charge in [-0.1, -0.05) is 18.2 Å². The van der Waals surface area contributed by atoms with Crippen molar-refractivity contribution in [3.05, 3.63) is 35.6 Å². The third kappa shape index (κ3) is 2.07. The highest BCUT2D eigenvalue weighted by molar-refractivity contribution is 5.24. The molecule has 1 aromatic carbocycles. The fourth-order valence-corrected chi connectivity index (χ4v) is 1.19. The quantitative estimate of drug-likeness (QED) is 0.687. The van der Waals surface area contributed by atoms with E-state index in [1.165, 1.54) is 19.1 Å². The Balaban J connectivity index is 3.08. The van der Waals surface area contributed by atoms with E-state index in [9.17, 15) is 9.50 Å². The summed E-state index contributed by atoms with van der Waals surface area (Å²) in [6.45, 7) is 1.51. The molecule has 0 fully saturated rings. The molecule has 0 radical (unpaired) electrons. The van der Waals surface area contributed by atoms with Crippen LogP contribution in [-0.4, -0.2) is 5.11 Å². The molecular weight excluding hydrogens is 167 g/mol. The topological polar surface area (TPSA) is 20.2 Å². The van der Waals surface area contributed by atoms with E-state index in [4.69, 9.17) is 6.42 Å². The van der Waals surface area contributed by atoms with Gasteiger partial charge in [0.05, 0.1) is 0 Å². The highest BCUT2D eigenvalue weighted by Crippen LogP contribution is 2.25. The molecule has 1 N–H and O–H groups in total. The maximum Gasteiger partial charge on any atom is 0.129 e. The Morgan fingerprint density at radius 1 is 1.54 bits per heavy atom. The van der Waals surface area contributed by atoms with E-state index in [1.54, 1.807) is 12.1 Å². The van der Waals surface area contributed by atoms with Crippen LogP contribution in [0.15, 0.2) is 24.3 Å². The molecule has 0 bridgehead atoms. The molecule has 0 aliphatic heterocycles. The Morgan fingerprint density at radius 3 is 2.69 bits per heavy atom. The fraction of sp³-hybridized carbons (Fsp3) is 0.273. The standard InChI is InChI=1S/C11H11FO/c1-3-8-11(2,13)9-6-4-5-7-10(9)12/h1,4-7,13H,8H2,2H3. The molecule has 0 saturated carbocycles. The van der Waals surface area contributed by atoms with Gasteiger partial charge >= 0.3 is 0 Å². The summed E-state index contributed by atoms with van der Waals surface area (Å²) in [6.07, 6.45) is 5.17. The van der Waals surface area contributed by atoms with Crippen molar-refractivity contribution in [2.75, 3.05) is 0 Å². The van der Waals surface area contributed by atoms with Gasteiger partial charge < -0.3 is 5.11 Å². The summed E-state index contributed by atoms with van der Waals surface area (Å²) in [6, 6.07) is 6.08. The number of aliphatic hydroxyl groups is 1. The van der Waals surface area contributed by atoms with Gasteiger partial charge in [-0.15, -0.1) is 12.3 Å². The van der Waals surface area contributed by atoms with Crippen LogP contribution in [0.25, 0.3) is 0 Å². The predicted molar refractivity (Wildman–Crippen MR) is 49.4 cm³/mol. The van der Waals surface area contributed by atoms with Crippen molar-refractivity contribution in [2.45, 2.75) is 18.9 Å². The van der Waals surface area contributed by atoms with Crippen molar-refractivity contribution in [3.8, 4) is 12.3 Å². The van der Waals surface area contributed by atoms with Gasteiger partial charge in [0.2, 0.25) is 0 Å². The van der Waals surface area contributed by atoms with Crippen LogP contribution in [0.4, 0.5) is 4.39 Å². The minimum atomic E-state index is -1.28. The lowest BCUT2D eigenvalue weighted by atomic mass is 9.92. The third-order valence-electron chi connectivity index (χ3n) is 1.90. The van der Waals surface area contributed by atoms with Crippen LogP contribution in [-0.2, 0) is 5.60 Å². The van der Waals surface area contributed by atoms with E-state index in [-0.39, 0.29) is 12.0 Å². The van der Waals surface area contributed by atoms with Gasteiger partial charge in [0, 0.05) is 12.0 Å². The highest BCUT2D eigenvalue weighted by atomic mass is 19.1. The normalized spacial score (nSPS) is 14.6. The van der Waals surface area contributed by atoms with Crippen LogP contribution in [0, 0.1) is 18.2 Å². The van der Waals surface area contributed by atoms with E-state index >= 15 is 0 Å². The van der Waals surface area contributed by atoms with Crippen molar-refractivity contribution >= 4 is 0 Å². The van der Waals surface area contributed by atoms with Gasteiger partial charge in [0.1, 0.15) is 11.4 Å². The van der Waals surface area contributed by atoms with Crippen LogP contribution in [0.1, 0.15) is 18.9 Å².